The van der Waals surface area contributed by atoms with Crippen LogP contribution in [0.2, 0.25) is 0 Å². The molecule has 2 aromatic carbocycles. The molecule has 0 bridgehead atoms. The fraction of sp³-hybridized carbons (Fsp3) is 0.143. The molecule has 0 heterocycles. The van der Waals surface area contributed by atoms with Crippen LogP contribution in [0.3, 0.4) is 0 Å². The summed E-state index contributed by atoms with van der Waals surface area (Å²) < 4.78 is 12.8. The van der Waals surface area contributed by atoms with Crippen molar-refractivity contribution in [1.29, 1.82) is 0 Å². The summed E-state index contributed by atoms with van der Waals surface area (Å²) in [6, 6.07) is 11.4. The monoisotopic (exact) mass is 404 g/mol. The summed E-state index contributed by atoms with van der Waals surface area (Å²) >= 11 is 12.8. The van der Waals surface area contributed by atoms with Crippen molar-refractivity contribution < 1.29 is 9.47 Å². The number of rotatable bonds is 4. The van der Waals surface area contributed by atoms with E-state index in [0.717, 1.165) is 26.0 Å². The van der Waals surface area contributed by atoms with Crippen molar-refractivity contribution in [3.05, 3.63) is 50.9 Å². The van der Waals surface area contributed by atoms with Gasteiger partial charge in [-0.3, -0.25) is 0 Å². The molecule has 0 fully saturated rings. The van der Waals surface area contributed by atoms with E-state index >= 15 is 0 Å². The first-order chi connectivity index (χ1) is 9.15. The molecule has 0 amide bonds. The maximum atomic E-state index is 5.90. The molecule has 2 rings (SSSR count). The highest BCUT2D eigenvalue weighted by molar-refractivity contribution is 9.11. The van der Waals surface area contributed by atoms with E-state index in [-0.39, 0.29) is 0 Å². The molecule has 0 saturated heterocycles. The number of alkyl halides is 1. The Kier molecular flexibility index (Phi) is 5.13. The normalized spacial score (nSPS) is 10.3. The summed E-state index contributed by atoms with van der Waals surface area (Å²) in [7, 11) is 1.62. The first kappa shape index (κ1) is 14.7. The number of benzene rings is 2. The molecule has 19 heavy (non-hydrogen) atoms. The van der Waals surface area contributed by atoms with E-state index < -0.39 is 0 Å². The lowest BCUT2D eigenvalue weighted by Crippen LogP contribution is -1.92. The molecule has 0 aromatic heterocycles. The van der Waals surface area contributed by atoms with E-state index in [2.05, 4.69) is 31.9 Å². The van der Waals surface area contributed by atoms with Crippen LogP contribution >= 0.6 is 43.5 Å². The Hall–Kier alpha value is -0.710. The molecule has 2 nitrogen and oxygen atoms in total. The molecule has 0 aliphatic carbocycles. The largest absolute Gasteiger partial charge is 0.496 e. The van der Waals surface area contributed by atoms with Crippen molar-refractivity contribution in [3.63, 3.8) is 0 Å². The zero-order valence-electron chi connectivity index (χ0n) is 10.1. The van der Waals surface area contributed by atoms with Crippen LogP contribution < -0.4 is 9.47 Å². The van der Waals surface area contributed by atoms with Gasteiger partial charge in [-0.15, -0.1) is 11.6 Å². The molecule has 0 radical (unpaired) electrons. The number of para-hydroxylation sites is 1. The molecular formula is C14H11Br2ClO2. The molecule has 0 aliphatic heterocycles. The highest BCUT2D eigenvalue weighted by Gasteiger charge is 2.10. The number of ether oxygens (including phenoxy) is 2. The van der Waals surface area contributed by atoms with Crippen LogP contribution in [0.5, 0.6) is 17.2 Å². The van der Waals surface area contributed by atoms with Crippen molar-refractivity contribution in [1.82, 2.24) is 0 Å². The molecule has 100 valence electrons. The fourth-order valence-electron chi connectivity index (χ4n) is 1.58. The van der Waals surface area contributed by atoms with Gasteiger partial charge in [0.2, 0.25) is 0 Å². The van der Waals surface area contributed by atoms with Crippen LogP contribution in [-0.4, -0.2) is 7.11 Å². The second-order valence-corrected chi connectivity index (χ2v) is 5.74. The van der Waals surface area contributed by atoms with Gasteiger partial charge in [0.15, 0.2) is 0 Å². The van der Waals surface area contributed by atoms with Crippen molar-refractivity contribution >= 4 is 43.5 Å². The standard InChI is InChI=1S/C14H11Br2ClO2/c1-18-13-6-11(16)14(7-10(13)15)19-12-5-3-2-4-9(12)8-17/h2-7H,8H2,1H3. The first-order valence-corrected chi connectivity index (χ1v) is 7.62. The van der Waals surface area contributed by atoms with E-state index in [0.29, 0.717) is 11.6 Å². The highest BCUT2D eigenvalue weighted by Crippen LogP contribution is 2.38. The Labute approximate surface area is 133 Å². The minimum Gasteiger partial charge on any atom is -0.496 e. The van der Waals surface area contributed by atoms with Gasteiger partial charge in [-0.25, -0.2) is 0 Å². The van der Waals surface area contributed by atoms with E-state index in [9.17, 15) is 0 Å². The van der Waals surface area contributed by atoms with Crippen molar-refractivity contribution in [2.24, 2.45) is 0 Å². The zero-order chi connectivity index (χ0) is 13.8. The van der Waals surface area contributed by atoms with Crippen LogP contribution in [0, 0.1) is 0 Å². The lowest BCUT2D eigenvalue weighted by Gasteiger charge is -2.13. The Balaban J connectivity index is 2.36. The number of hydrogen-bond donors (Lipinski definition) is 0. The third kappa shape index (κ3) is 3.44. The van der Waals surface area contributed by atoms with Crippen molar-refractivity contribution in [3.8, 4) is 17.2 Å². The average molecular weight is 407 g/mol. The number of halogens is 3. The lowest BCUT2D eigenvalue weighted by atomic mass is 10.2. The van der Waals surface area contributed by atoms with Gasteiger partial charge in [0, 0.05) is 5.56 Å². The van der Waals surface area contributed by atoms with Crippen molar-refractivity contribution in [2.75, 3.05) is 7.11 Å². The topological polar surface area (TPSA) is 18.5 Å². The molecular weight excluding hydrogens is 395 g/mol. The molecule has 2 aromatic rings. The van der Waals surface area contributed by atoms with Gasteiger partial charge in [0.25, 0.3) is 0 Å². The van der Waals surface area contributed by atoms with Crippen LogP contribution in [0.4, 0.5) is 0 Å². The molecule has 0 aliphatic rings. The van der Waals surface area contributed by atoms with E-state index in [1.54, 1.807) is 7.11 Å². The van der Waals surface area contributed by atoms with Gasteiger partial charge in [-0.2, -0.15) is 0 Å². The third-order valence-corrected chi connectivity index (χ3v) is 4.07. The summed E-state index contributed by atoms with van der Waals surface area (Å²) in [6.07, 6.45) is 0. The Bertz CT molecular complexity index is 588. The maximum absolute atomic E-state index is 5.90. The Morgan fingerprint density at radius 2 is 1.63 bits per heavy atom. The Morgan fingerprint density at radius 1 is 1.00 bits per heavy atom. The minimum atomic E-state index is 0.408. The quantitative estimate of drug-likeness (QED) is 0.602. The van der Waals surface area contributed by atoms with E-state index in [1.165, 1.54) is 0 Å². The fourth-order valence-corrected chi connectivity index (χ4v) is 2.69. The van der Waals surface area contributed by atoms with Crippen LogP contribution in [0.15, 0.2) is 45.3 Å². The molecule has 0 unspecified atom stereocenters. The maximum Gasteiger partial charge on any atom is 0.143 e. The summed E-state index contributed by atoms with van der Waals surface area (Å²) in [5.74, 6) is 2.59. The summed E-state index contributed by atoms with van der Waals surface area (Å²) in [4.78, 5) is 0. The summed E-state index contributed by atoms with van der Waals surface area (Å²) in [5, 5.41) is 0. The second kappa shape index (κ2) is 6.64. The molecule has 0 saturated carbocycles. The van der Waals surface area contributed by atoms with E-state index in [1.807, 2.05) is 36.4 Å². The molecule has 0 atom stereocenters. The predicted molar refractivity (Wildman–Crippen MR) is 84.5 cm³/mol. The Morgan fingerprint density at radius 3 is 2.32 bits per heavy atom. The highest BCUT2D eigenvalue weighted by atomic mass is 79.9. The van der Waals surface area contributed by atoms with Gasteiger partial charge < -0.3 is 9.47 Å². The van der Waals surface area contributed by atoms with Gasteiger partial charge in [-0.05, 0) is 50.1 Å². The van der Waals surface area contributed by atoms with Crippen LogP contribution in [0.25, 0.3) is 0 Å². The lowest BCUT2D eigenvalue weighted by molar-refractivity contribution is 0.409. The van der Waals surface area contributed by atoms with Crippen LogP contribution in [-0.2, 0) is 5.88 Å². The van der Waals surface area contributed by atoms with Crippen LogP contribution in [0.1, 0.15) is 5.56 Å². The van der Waals surface area contributed by atoms with Crippen molar-refractivity contribution in [2.45, 2.75) is 5.88 Å². The number of hydrogen-bond acceptors (Lipinski definition) is 2. The smallest absolute Gasteiger partial charge is 0.143 e. The number of methoxy groups -OCH3 is 1. The summed E-state index contributed by atoms with van der Waals surface area (Å²) in [5.41, 5.74) is 0.947. The first-order valence-electron chi connectivity index (χ1n) is 5.50. The average Bonchev–Trinajstić information content (AvgIpc) is 2.43. The van der Waals surface area contributed by atoms with Gasteiger partial charge in [-0.1, -0.05) is 18.2 Å². The van der Waals surface area contributed by atoms with E-state index in [4.69, 9.17) is 21.1 Å². The second-order valence-electron chi connectivity index (χ2n) is 3.76. The van der Waals surface area contributed by atoms with Gasteiger partial charge in [0.1, 0.15) is 17.2 Å². The molecule has 0 spiro atoms. The minimum absolute atomic E-state index is 0.408. The van der Waals surface area contributed by atoms with Gasteiger partial charge in [0.05, 0.1) is 21.9 Å². The van der Waals surface area contributed by atoms with Gasteiger partial charge >= 0.3 is 0 Å². The molecule has 0 N–H and O–H groups in total. The molecule has 5 heteroatoms. The third-order valence-electron chi connectivity index (χ3n) is 2.54. The predicted octanol–water partition coefficient (Wildman–Crippen LogP) is 5.75. The zero-order valence-corrected chi connectivity index (χ0v) is 14.0. The SMILES string of the molecule is COc1cc(Br)c(Oc2ccccc2CCl)cc1Br. The summed E-state index contributed by atoms with van der Waals surface area (Å²) in [6.45, 7) is 0.